The summed E-state index contributed by atoms with van der Waals surface area (Å²) in [7, 11) is 1.80. The van der Waals surface area contributed by atoms with Gasteiger partial charge in [0.2, 0.25) is 0 Å². The molecule has 3 aromatic heterocycles. The van der Waals surface area contributed by atoms with Crippen LogP contribution < -0.4 is 5.32 Å². The number of nitrogens with zero attached hydrogens (tertiary/aromatic N) is 3. The molecular weight excluding hydrogens is 395 g/mol. The number of carbonyl (C=O) groups excluding carboxylic acids is 1. The maximum atomic E-state index is 12.2. The van der Waals surface area contributed by atoms with E-state index >= 15 is 0 Å². The van der Waals surface area contributed by atoms with Crippen molar-refractivity contribution in [2.75, 3.05) is 12.4 Å². The Morgan fingerprint density at radius 2 is 1.90 bits per heavy atom. The monoisotopic (exact) mass is 422 g/mol. The highest BCUT2D eigenvalue weighted by atomic mass is 19.1. The summed E-state index contributed by atoms with van der Waals surface area (Å²) < 4.78 is 14.0. The molecule has 0 saturated carbocycles. The molecule has 0 aliphatic heterocycles. The molecule has 0 aliphatic carbocycles. The van der Waals surface area contributed by atoms with Gasteiger partial charge >= 0.3 is 0 Å². The average Bonchev–Trinajstić information content (AvgIpc) is 3.25. The Labute approximate surface area is 181 Å². The second-order valence-corrected chi connectivity index (χ2v) is 6.32. The van der Waals surface area contributed by atoms with Crippen LogP contribution in [0.5, 0.6) is 0 Å². The van der Waals surface area contributed by atoms with E-state index in [2.05, 4.69) is 15.3 Å². The summed E-state index contributed by atoms with van der Waals surface area (Å²) in [6.07, 6.45) is 6.18. The van der Waals surface area contributed by atoms with Crippen LogP contribution in [0, 0.1) is 12.7 Å². The quantitative estimate of drug-likeness (QED) is 0.457. The summed E-state index contributed by atoms with van der Waals surface area (Å²) in [5.74, 6) is -0.200. The van der Waals surface area contributed by atoms with E-state index in [1.807, 2.05) is 36.6 Å². The average molecular weight is 423 g/mol. The first-order valence-corrected chi connectivity index (χ1v) is 9.98. The van der Waals surface area contributed by atoms with Crippen LogP contribution >= 0.6 is 0 Å². The minimum absolute atomic E-state index is 0.104. The molecule has 6 nitrogen and oxygen atoms in total. The van der Waals surface area contributed by atoms with E-state index in [1.54, 1.807) is 44.6 Å². The number of benzene rings is 1. The Morgan fingerprint density at radius 3 is 2.52 bits per heavy atom. The zero-order valence-electron chi connectivity index (χ0n) is 18.1. The first kappa shape index (κ1) is 23.7. The van der Waals surface area contributed by atoms with Crippen molar-refractivity contribution >= 4 is 17.6 Å². The molecule has 0 fully saturated rings. The third-order valence-corrected chi connectivity index (χ3v) is 4.39. The summed E-state index contributed by atoms with van der Waals surface area (Å²) in [5, 5.41) is 12.1. The van der Waals surface area contributed by atoms with E-state index in [0.717, 1.165) is 28.7 Å². The van der Waals surface area contributed by atoms with E-state index < -0.39 is 0 Å². The number of halogens is 1. The predicted molar refractivity (Wildman–Crippen MR) is 122 cm³/mol. The largest absolute Gasteiger partial charge is 0.390 e. The lowest BCUT2D eigenvalue weighted by atomic mass is 10.1. The van der Waals surface area contributed by atoms with Crippen molar-refractivity contribution in [3.8, 4) is 11.1 Å². The highest BCUT2D eigenvalue weighted by Gasteiger charge is 2.10. The SMILES string of the molecule is CC.CNc1ccc(F)cc1.Cc1ncc(-c2cccn3cc(CO)nc23)cc1C=O. The first-order valence-electron chi connectivity index (χ1n) is 9.98. The third-order valence-electron chi connectivity index (χ3n) is 4.39. The maximum Gasteiger partial charge on any atom is 0.151 e. The van der Waals surface area contributed by atoms with Gasteiger partial charge in [-0.1, -0.05) is 13.8 Å². The number of hydrogen-bond acceptors (Lipinski definition) is 5. The summed E-state index contributed by atoms with van der Waals surface area (Å²) in [5.41, 5.74) is 5.25. The van der Waals surface area contributed by atoms with Crippen LogP contribution in [0.4, 0.5) is 10.1 Å². The number of anilines is 1. The number of aliphatic hydroxyl groups is 1. The molecule has 0 saturated heterocycles. The highest BCUT2D eigenvalue weighted by Crippen LogP contribution is 2.25. The molecule has 3 heterocycles. The van der Waals surface area contributed by atoms with Gasteiger partial charge in [-0.3, -0.25) is 9.78 Å². The van der Waals surface area contributed by atoms with Crippen molar-refractivity contribution in [1.29, 1.82) is 0 Å². The Hall–Kier alpha value is -3.58. The summed E-state index contributed by atoms with van der Waals surface area (Å²) >= 11 is 0. The second kappa shape index (κ2) is 11.6. The van der Waals surface area contributed by atoms with Gasteiger partial charge < -0.3 is 14.8 Å². The van der Waals surface area contributed by atoms with E-state index in [0.29, 0.717) is 17.0 Å². The van der Waals surface area contributed by atoms with Crippen LogP contribution in [0.1, 0.15) is 35.6 Å². The molecule has 4 aromatic rings. The predicted octanol–water partition coefficient (Wildman–Crippen LogP) is 4.90. The van der Waals surface area contributed by atoms with Crippen LogP contribution in [0.15, 0.2) is 61.1 Å². The van der Waals surface area contributed by atoms with Gasteiger partial charge in [-0.15, -0.1) is 0 Å². The normalized spacial score (nSPS) is 9.87. The molecule has 0 amide bonds. The number of aldehydes is 1. The molecule has 31 heavy (non-hydrogen) atoms. The number of carbonyl (C=O) groups is 1. The van der Waals surface area contributed by atoms with Gasteiger partial charge in [0.25, 0.3) is 0 Å². The van der Waals surface area contributed by atoms with Crippen molar-refractivity contribution in [3.05, 3.63) is 83.8 Å². The minimum atomic E-state index is -0.200. The molecule has 0 aliphatic rings. The number of hydrogen-bond donors (Lipinski definition) is 2. The lowest BCUT2D eigenvalue weighted by molar-refractivity contribution is 0.112. The number of aryl methyl sites for hydroxylation is 1. The molecule has 0 bridgehead atoms. The zero-order chi connectivity index (χ0) is 22.8. The smallest absolute Gasteiger partial charge is 0.151 e. The van der Waals surface area contributed by atoms with Gasteiger partial charge in [0, 0.05) is 53.7 Å². The molecule has 0 radical (unpaired) electrons. The van der Waals surface area contributed by atoms with Crippen molar-refractivity contribution in [2.45, 2.75) is 27.4 Å². The number of pyridine rings is 2. The van der Waals surface area contributed by atoms with Gasteiger partial charge in [-0.05, 0) is 49.4 Å². The lowest BCUT2D eigenvalue weighted by Crippen LogP contribution is -1.93. The molecule has 162 valence electrons. The molecule has 2 N–H and O–H groups in total. The van der Waals surface area contributed by atoms with E-state index in [4.69, 9.17) is 0 Å². The van der Waals surface area contributed by atoms with Gasteiger partial charge in [0.05, 0.1) is 12.3 Å². The van der Waals surface area contributed by atoms with Crippen LogP contribution in [0.25, 0.3) is 16.8 Å². The zero-order valence-corrected chi connectivity index (χ0v) is 18.1. The fourth-order valence-electron chi connectivity index (χ4n) is 2.80. The number of rotatable bonds is 4. The molecule has 0 unspecified atom stereocenters. The lowest BCUT2D eigenvalue weighted by Gasteiger charge is -2.05. The number of aromatic nitrogens is 3. The van der Waals surface area contributed by atoms with Gasteiger partial charge in [-0.2, -0.15) is 0 Å². The molecule has 1 aromatic carbocycles. The van der Waals surface area contributed by atoms with E-state index in [9.17, 15) is 14.3 Å². The van der Waals surface area contributed by atoms with Gasteiger partial charge in [0.1, 0.15) is 11.5 Å². The van der Waals surface area contributed by atoms with Gasteiger partial charge in [0.15, 0.2) is 6.29 Å². The van der Waals surface area contributed by atoms with E-state index in [1.165, 1.54) is 12.1 Å². The molecule has 7 heteroatoms. The standard InChI is InChI=1S/C15H13N3O2.C7H8FN.C2H6/c1-10-12(8-19)5-11(6-16-10)14-3-2-4-18-7-13(9-20)17-15(14)18;1-9-7-4-2-6(8)3-5-7;1-2/h2-8,20H,9H2,1H3;2-5,9H,1H3;1-2H3. The summed E-state index contributed by atoms with van der Waals surface area (Å²) in [4.78, 5) is 19.7. The molecule has 0 spiro atoms. The summed E-state index contributed by atoms with van der Waals surface area (Å²) in [6.45, 7) is 5.69. The third kappa shape index (κ3) is 5.96. The Balaban J connectivity index is 0.000000261. The number of nitrogens with one attached hydrogen (secondary N) is 1. The first-order chi connectivity index (χ1) is 15.0. The number of fused-ring (bicyclic) bond motifs is 1. The highest BCUT2D eigenvalue weighted by molar-refractivity contribution is 5.83. The van der Waals surface area contributed by atoms with Crippen LogP contribution in [-0.4, -0.2) is 32.8 Å². The summed E-state index contributed by atoms with van der Waals surface area (Å²) in [6, 6.07) is 11.8. The second-order valence-electron chi connectivity index (χ2n) is 6.32. The Bertz CT molecular complexity index is 1120. The fourth-order valence-corrected chi connectivity index (χ4v) is 2.80. The molecule has 4 rings (SSSR count). The van der Waals surface area contributed by atoms with Crippen LogP contribution in [0.3, 0.4) is 0 Å². The number of imidazole rings is 1. The topological polar surface area (TPSA) is 79.5 Å². The van der Waals surface area contributed by atoms with Gasteiger partial charge in [-0.25, -0.2) is 9.37 Å². The molecular formula is C24H27FN4O2. The molecule has 0 atom stereocenters. The maximum absolute atomic E-state index is 12.2. The Morgan fingerprint density at radius 1 is 1.19 bits per heavy atom. The van der Waals surface area contributed by atoms with Crippen molar-refractivity contribution in [1.82, 2.24) is 14.4 Å². The van der Waals surface area contributed by atoms with Crippen LogP contribution in [-0.2, 0) is 6.61 Å². The van der Waals surface area contributed by atoms with Crippen molar-refractivity contribution in [2.24, 2.45) is 0 Å². The van der Waals surface area contributed by atoms with Crippen LogP contribution in [0.2, 0.25) is 0 Å². The number of aliphatic hydroxyl groups excluding tert-OH is 1. The fraction of sp³-hybridized carbons (Fsp3) is 0.208. The van der Waals surface area contributed by atoms with Crippen molar-refractivity contribution in [3.63, 3.8) is 0 Å². The van der Waals surface area contributed by atoms with Crippen molar-refractivity contribution < 1.29 is 14.3 Å². The van der Waals surface area contributed by atoms with E-state index in [-0.39, 0.29) is 12.4 Å². The Kier molecular flexibility index (Phi) is 8.84. The minimum Gasteiger partial charge on any atom is -0.390 e.